The quantitative estimate of drug-likeness (QED) is 0.740. The lowest BCUT2D eigenvalue weighted by molar-refractivity contribution is 0.986. The molecule has 0 saturated carbocycles. The van der Waals surface area contributed by atoms with E-state index in [0.29, 0.717) is 0 Å². The first kappa shape index (κ1) is 8.88. The third kappa shape index (κ3) is 1.79. The summed E-state index contributed by atoms with van der Waals surface area (Å²) in [5.41, 5.74) is 3.75. The topological polar surface area (TPSA) is 24.1 Å². The Balaban J connectivity index is 2.31. The van der Waals surface area contributed by atoms with E-state index in [4.69, 9.17) is 0 Å². The Hall–Kier alpha value is -1.70. The maximum absolute atomic E-state index is 3.20. The van der Waals surface area contributed by atoms with Gasteiger partial charge in [-0.25, -0.2) is 0 Å². The van der Waals surface area contributed by atoms with Gasteiger partial charge in [-0.05, 0) is 35.5 Å². The minimum atomic E-state index is 0.906. The fourth-order valence-electron chi connectivity index (χ4n) is 1.53. The summed E-state index contributed by atoms with van der Waals surface area (Å²) >= 11 is 0. The summed E-state index contributed by atoms with van der Waals surface area (Å²) < 4.78 is 0. The van der Waals surface area contributed by atoms with E-state index < -0.39 is 0 Å². The molecule has 0 atom stereocenters. The van der Waals surface area contributed by atoms with Crippen LogP contribution in [0.15, 0.2) is 42.6 Å². The minimum Gasteiger partial charge on any atom is -0.388 e. The van der Waals surface area contributed by atoms with Gasteiger partial charge in [-0.15, -0.1) is 0 Å². The lowest BCUT2D eigenvalue weighted by Gasteiger charge is -2.12. The molecule has 1 heterocycles. The van der Waals surface area contributed by atoms with Crippen molar-refractivity contribution >= 4 is 11.3 Å². The summed E-state index contributed by atoms with van der Waals surface area (Å²) in [6.07, 6.45) is 6.14. The van der Waals surface area contributed by atoms with E-state index in [2.05, 4.69) is 41.0 Å². The molecule has 0 aromatic heterocycles. The SMILES string of the molecule is CNc1cccc(C2=CC=CNC2)c1. The zero-order valence-electron chi connectivity index (χ0n) is 8.25. The number of anilines is 1. The van der Waals surface area contributed by atoms with Gasteiger partial charge in [-0.1, -0.05) is 18.2 Å². The van der Waals surface area contributed by atoms with Crippen LogP contribution in [0.4, 0.5) is 5.69 Å². The molecule has 0 radical (unpaired) electrons. The maximum atomic E-state index is 3.20. The molecule has 0 fully saturated rings. The highest BCUT2D eigenvalue weighted by Crippen LogP contribution is 2.19. The second-order valence-corrected chi connectivity index (χ2v) is 3.26. The summed E-state index contributed by atoms with van der Waals surface area (Å²) in [4.78, 5) is 0. The highest BCUT2D eigenvalue weighted by molar-refractivity contribution is 5.71. The molecular formula is C12H14N2. The summed E-state index contributed by atoms with van der Waals surface area (Å²) in [5, 5.41) is 6.34. The summed E-state index contributed by atoms with van der Waals surface area (Å²) in [6.45, 7) is 0.906. The molecule has 14 heavy (non-hydrogen) atoms. The third-order valence-electron chi connectivity index (χ3n) is 2.33. The number of benzene rings is 1. The van der Waals surface area contributed by atoms with Crippen LogP contribution < -0.4 is 10.6 Å². The zero-order chi connectivity index (χ0) is 9.80. The van der Waals surface area contributed by atoms with Crippen LogP contribution in [0, 0.1) is 0 Å². The molecular weight excluding hydrogens is 172 g/mol. The zero-order valence-corrected chi connectivity index (χ0v) is 8.25. The molecule has 1 aromatic carbocycles. The van der Waals surface area contributed by atoms with Crippen LogP contribution in [0.2, 0.25) is 0 Å². The van der Waals surface area contributed by atoms with E-state index in [0.717, 1.165) is 12.2 Å². The van der Waals surface area contributed by atoms with Crippen molar-refractivity contribution in [3.8, 4) is 0 Å². The van der Waals surface area contributed by atoms with Crippen LogP contribution in [0.3, 0.4) is 0 Å². The van der Waals surface area contributed by atoms with Crippen LogP contribution in [-0.4, -0.2) is 13.6 Å². The number of allylic oxidation sites excluding steroid dienone is 2. The smallest absolute Gasteiger partial charge is 0.0401 e. The van der Waals surface area contributed by atoms with Crippen LogP contribution in [0.5, 0.6) is 0 Å². The summed E-state index contributed by atoms with van der Waals surface area (Å²) in [7, 11) is 1.94. The predicted octanol–water partition coefficient (Wildman–Crippen LogP) is 2.23. The van der Waals surface area contributed by atoms with Gasteiger partial charge in [-0.2, -0.15) is 0 Å². The van der Waals surface area contributed by atoms with Gasteiger partial charge < -0.3 is 10.6 Å². The van der Waals surface area contributed by atoms with Crippen molar-refractivity contribution < 1.29 is 0 Å². The van der Waals surface area contributed by atoms with Gasteiger partial charge in [0.05, 0.1) is 0 Å². The average molecular weight is 186 g/mol. The Kier molecular flexibility index (Phi) is 2.54. The fraction of sp³-hybridized carbons (Fsp3) is 0.167. The van der Waals surface area contributed by atoms with Gasteiger partial charge in [0.2, 0.25) is 0 Å². The Morgan fingerprint density at radius 3 is 3.00 bits per heavy atom. The Bertz CT molecular complexity index is 378. The first-order valence-electron chi connectivity index (χ1n) is 4.77. The van der Waals surface area contributed by atoms with E-state index >= 15 is 0 Å². The average Bonchev–Trinajstić information content (AvgIpc) is 2.30. The van der Waals surface area contributed by atoms with Gasteiger partial charge in [-0.3, -0.25) is 0 Å². The predicted molar refractivity (Wildman–Crippen MR) is 61.1 cm³/mol. The van der Waals surface area contributed by atoms with E-state index in [-0.39, 0.29) is 0 Å². The number of hydrogen-bond donors (Lipinski definition) is 2. The van der Waals surface area contributed by atoms with Crippen molar-refractivity contribution in [2.24, 2.45) is 0 Å². The van der Waals surface area contributed by atoms with Crippen molar-refractivity contribution in [2.75, 3.05) is 18.9 Å². The van der Waals surface area contributed by atoms with Gasteiger partial charge >= 0.3 is 0 Å². The van der Waals surface area contributed by atoms with E-state index in [1.807, 2.05) is 19.3 Å². The van der Waals surface area contributed by atoms with E-state index in [9.17, 15) is 0 Å². The molecule has 2 rings (SSSR count). The largest absolute Gasteiger partial charge is 0.388 e. The molecule has 0 amide bonds. The first-order valence-corrected chi connectivity index (χ1v) is 4.77. The molecule has 0 aliphatic carbocycles. The molecule has 1 aliphatic rings. The molecule has 0 saturated heterocycles. The first-order chi connectivity index (χ1) is 6.90. The van der Waals surface area contributed by atoms with Crippen molar-refractivity contribution in [3.05, 3.63) is 48.2 Å². The van der Waals surface area contributed by atoms with Crippen molar-refractivity contribution in [1.82, 2.24) is 5.32 Å². The number of nitrogens with one attached hydrogen (secondary N) is 2. The number of dihydropyridines is 1. The molecule has 1 aliphatic heterocycles. The standard InChI is InChI=1S/C12H14N2/c1-13-12-6-2-4-10(8-12)11-5-3-7-14-9-11/h2-8,13-14H,9H2,1H3. The maximum Gasteiger partial charge on any atom is 0.0401 e. The minimum absolute atomic E-state index is 0.906. The summed E-state index contributed by atoms with van der Waals surface area (Å²) in [5.74, 6) is 0. The lowest BCUT2D eigenvalue weighted by atomic mass is 10.0. The molecule has 0 unspecified atom stereocenters. The fourth-order valence-corrected chi connectivity index (χ4v) is 1.53. The van der Waals surface area contributed by atoms with Gasteiger partial charge in [0.25, 0.3) is 0 Å². The molecule has 1 aromatic rings. The monoisotopic (exact) mass is 186 g/mol. The molecule has 72 valence electrons. The molecule has 2 heteroatoms. The number of rotatable bonds is 2. The van der Waals surface area contributed by atoms with Crippen LogP contribution in [-0.2, 0) is 0 Å². The second kappa shape index (κ2) is 4.01. The van der Waals surface area contributed by atoms with Crippen LogP contribution >= 0.6 is 0 Å². The van der Waals surface area contributed by atoms with E-state index in [1.54, 1.807) is 0 Å². The Morgan fingerprint density at radius 2 is 2.29 bits per heavy atom. The Morgan fingerprint density at radius 1 is 1.36 bits per heavy atom. The van der Waals surface area contributed by atoms with Crippen LogP contribution in [0.25, 0.3) is 5.57 Å². The molecule has 0 bridgehead atoms. The lowest BCUT2D eigenvalue weighted by Crippen LogP contribution is -2.11. The van der Waals surface area contributed by atoms with Gasteiger partial charge in [0, 0.05) is 19.3 Å². The molecule has 2 nitrogen and oxygen atoms in total. The van der Waals surface area contributed by atoms with Gasteiger partial charge in [0.1, 0.15) is 0 Å². The highest BCUT2D eigenvalue weighted by atomic mass is 14.8. The second-order valence-electron chi connectivity index (χ2n) is 3.26. The summed E-state index contributed by atoms with van der Waals surface area (Å²) in [6, 6.07) is 8.43. The van der Waals surface area contributed by atoms with E-state index in [1.165, 1.54) is 11.1 Å². The van der Waals surface area contributed by atoms with Crippen molar-refractivity contribution in [3.63, 3.8) is 0 Å². The van der Waals surface area contributed by atoms with Gasteiger partial charge in [0.15, 0.2) is 0 Å². The van der Waals surface area contributed by atoms with Crippen molar-refractivity contribution in [2.45, 2.75) is 0 Å². The van der Waals surface area contributed by atoms with Crippen molar-refractivity contribution in [1.29, 1.82) is 0 Å². The molecule has 2 N–H and O–H groups in total. The van der Waals surface area contributed by atoms with Crippen LogP contribution in [0.1, 0.15) is 5.56 Å². The third-order valence-corrected chi connectivity index (χ3v) is 2.33. The normalized spacial score (nSPS) is 14.5. The highest BCUT2D eigenvalue weighted by Gasteiger charge is 2.02. The number of hydrogen-bond acceptors (Lipinski definition) is 2. The molecule has 0 spiro atoms. The Labute approximate surface area is 84.3 Å².